The molecule has 12 aromatic carbocycles. The van der Waals surface area contributed by atoms with E-state index < -0.39 is 5.41 Å². The van der Waals surface area contributed by atoms with Crippen LogP contribution in [0.1, 0.15) is 88.9 Å². The lowest BCUT2D eigenvalue weighted by Gasteiger charge is -2.35. The largest absolute Gasteiger partial charge is 0.347 e. The van der Waals surface area contributed by atoms with E-state index in [1.54, 1.807) is 0 Å². The lowest BCUT2D eigenvalue weighted by atomic mass is 9.68. The summed E-state index contributed by atoms with van der Waals surface area (Å²) in [6.07, 6.45) is 18.4. The van der Waals surface area contributed by atoms with Crippen LogP contribution in [0, 0.1) is 6.92 Å². The van der Waals surface area contributed by atoms with Crippen molar-refractivity contribution in [1.82, 2.24) is 0 Å². The zero-order chi connectivity index (χ0) is 65.2. The molecule has 4 atom stereocenters. The normalized spacial score (nSPS) is 19.9. The van der Waals surface area contributed by atoms with Gasteiger partial charge in [-0.1, -0.05) is 268 Å². The second kappa shape index (κ2) is 24.2. The Morgan fingerprint density at radius 2 is 0.863 bits per heavy atom. The summed E-state index contributed by atoms with van der Waals surface area (Å²) in [5.74, 6) is 0. The van der Waals surface area contributed by atoms with Crippen LogP contribution >= 0.6 is 0 Å². The first-order valence-corrected chi connectivity index (χ1v) is 34.0. The molecular formula is C92H84N3+. The number of allylic oxidation sites excluding steroid dienone is 9. The Balaban J connectivity index is 0.820. The summed E-state index contributed by atoms with van der Waals surface area (Å²) < 4.78 is 2.51. The van der Waals surface area contributed by atoms with Crippen molar-refractivity contribution in [2.45, 2.75) is 88.4 Å². The molecule has 3 aliphatic heterocycles. The molecule has 3 heteroatoms. The van der Waals surface area contributed by atoms with Crippen molar-refractivity contribution in [2.24, 2.45) is 0 Å². The van der Waals surface area contributed by atoms with E-state index in [0.29, 0.717) is 0 Å². The average molecular weight is 1230 g/mol. The summed E-state index contributed by atoms with van der Waals surface area (Å²) in [6.45, 7) is 17.2. The Morgan fingerprint density at radius 1 is 0.453 bits per heavy atom. The minimum Gasteiger partial charge on any atom is -0.347 e. The van der Waals surface area contributed by atoms with E-state index in [0.717, 1.165) is 37.7 Å². The first kappa shape index (κ1) is 60.9. The number of hydrogen-bond acceptors (Lipinski definition) is 2. The number of rotatable bonds is 16. The van der Waals surface area contributed by atoms with Crippen LogP contribution in [-0.2, 0) is 53.8 Å². The third-order valence-electron chi connectivity index (χ3n) is 22.1. The third-order valence-corrected chi connectivity index (χ3v) is 22.1. The molecule has 3 aliphatic rings. The topological polar surface area (TPSA) is 9.49 Å². The summed E-state index contributed by atoms with van der Waals surface area (Å²) in [6, 6.07) is 94.7. The van der Waals surface area contributed by atoms with Gasteiger partial charge >= 0.3 is 0 Å². The Labute approximate surface area is 562 Å². The van der Waals surface area contributed by atoms with E-state index >= 15 is 0 Å². The fraction of sp³-hybridized carbons (Fsp3) is 0.185. The molecule has 466 valence electrons. The Hall–Kier alpha value is -10.4. The van der Waals surface area contributed by atoms with E-state index in [9.17, 15) is 0 Å². The summed E-state index contributed by atoms with van der Waals surface area (Å²) in [5, 5.41) is 10.4. The van der Waals surface area contributed by atoms with Gasteiger partial charge in [0.15, 0.2) is 5.71 Å². The van der Waals surface area contributed by atoms with Gasteiger partial charge in [0, 0.05) is 70.8 Å². The number of benzene rings is 12. The highest BCUT2D eigenvalue weighted by Gasteiger charge is 2.49. The van der Waals surface area contributed by atoms with E-state index in [4.69, 9.17) is 6.58 Å². The number of aryl methyl sites for hydroxylation is 1. The van der Waals surface area contributed by atoms with E-state index in [-0.39, 0.29) is 16.2 Å². The number of hydrogen-bond donors (Lipinski definition) is 0. The third kappa shape index (κ3) is 10.4. The molecule has 0 aromatic heterocycles. The zero-order valence-electron chi connectivity index (χ0n) is 56.3. The van der Waals surface area contributed by atoms with Crippen LogP contribution in [0.15, 0.2) is 315 Å². The van der Waals surface area contributed by atoms with Gasteiger partial charge in [0.05, 0.1) is 5.41 Å². The fourth-order valence-electron chi connectivity index (χ4n) is 17.7. The standard InChI is InChI=1S/C92H84N3/c1-63-56-71(73-43-26-28-47-77(73)85(63)89(3,59-65-33-14-10-15-34-65)64(2)32-30-49-82-90(4,60-66-35-16-11-17-36-66)86-75-45-24-22-41-69(75)52-54-79(86)93(82)7)57-72-58-81-88(78-48-29-27-44-74(72)78)92(6,62-68-39-20-13-21-40-68)84(95(81)9)51-31-50-83-91(5,61-67-37-18-12-19-38-67)87-76-46-25-23-42-70(76)53-55-80(87)94(83)8/h10-56,58H,2,57,59-62H2,1,3-9H3/q+1/b32-30+,82-49+. The van der Waals surface area contributed by atoms with Gasteiger partial charge in [0.25, 0.3) is 0 Å². The molecule has 4 unspecified atom stereocenters. The molecule has 0 saturated heterocycles. The molecular weight excluding hydrogens is 1150 g/mol. The van der Waals surface area contributed by atoms with Gasteiger partial charge in [-0.2, -0.15) is 4.58 Å². The van der Waals surface area contributed by atoms with Gasteiger partial charge in [-0.05, 0) is 188 Å². The van der Waals surface area contributed by atoms with Crippen LogP contribution in [0.25, 0.3) is 43.1 Å². The number of anilines is 2. The zero-order valence-corrected chi connectivity index (χ0v) is 56.3. The first-order valence-electron chi connectivity index (χ1n) is 34.0. The second-order valence-corrected chi connectivity index (χ2v) is 28.2. The summed E-state index contributed by atoms with van der Waals surface area (Å²) in [7, 11) is 6.81. The highest BCUT2D eigenvalue weighted by Crippen LogP contribution is 2.55. The molecule has 0 fully saturated rings. The Kier molecular flexibility index (Phi) is 15.5. The van der Waals surface area contributed by atoms with E-state index in [1.807, 2.05) is 0 Å². The minimum absolute atomic E-state index is 0.280. The maximum Gasteiger partial charge on any atom is 0.210 e. The molecule has 95 heavy (non-hydrogen) atoms. The highest BCUT2D eigenvalue weighted by atomic mass is 15.2. The van der Waals surface area contributed by atoms with E-state index in [2.05, 4.69) is 361 Å². The predicted molar refractivity (Wildman–Crippen MR) is 405 cm³/mol. The Bertz CT molecular complexity index is 5160. The quantitative estimate of drug-likeness (QED) is 0.0704. The van der Waals surface area contributed by atoms with Crippen molar-refractivity contribution >= 4 is 65.9 Å². The van der Waals surface area contributed by atoms with Crippen molar-refractivity contribution < 1.29 is 4.58 Å². The van der Waals surface area contributed by atoms with Gasteiger partial charge in [-0.25, -0.2) is 0 Å². The van der Waals surface area contributed by atoms with Crippen LogP contribution in [0.2, 0.25) is 0 Å². The van der Waals surface area contributed by atoms with Crippen molar-refractivity contribution in [3.8, 4) is 0 Å². The van der Waals surface area contributed by atoms with Crippen LogP contribution < -0.4 is 9.80 Å². The summed E-state index contributed by atoms with van der Waals surface area (Å²) >= 11 is 0. The summed E-state index contributed by atoms with van der Waals surface area (Å²) in [4.78, 5) is 4.87. The second-order valence-electron chi connectivity index (χ2n) is 28.2. The van der Waals surface area contributed by atoms with Gasteiger partial charge < -0.3 is 9.80 Å². The first-order chi connectivity index (χ1) is 46.2. The fourth-order valence-corrected chi connectivity index (χ4v) is 17.7. The Morgan fingerprint density at radius 3 is 1.38 bits per heavy atom. The number of fused-ring (bicyclic) bond motifs is 10. The van der Waals surface area contributed by atoms with Crippen molar-refractivity contribution in [1.29, 1.82) is 0 Å². The molecule has 3 heterocycles. The average Bonchev–Trinajstić information content (AvgIpc) is 1.63. The number of likely N-dealkylation sites (N-methyl/N-ethyl adjacent to an activating group) is 2. The molecule has 15 rings (SSSR count). The van der Waals surface area contributed by atoms with Crippen molar-refractivity contribution in [3.05, 3.63) is 376 Å². The number of nitrogens with zero attached hydrogens (tertiary/aromatic N) is 3. The maximum atomic E-state index is 5.06. The molecule has 0 aliphatic carbocycles. The monoisotopic (exact) mass is 1230 g/mol. The molecule has 0 amide bonds. The molecule has 12 aromatic rings. The smallest absolute Gasteiger partial charge is 0.210 e. The highest BCUT2D eigenvalue weighted by molar-refractivity contribution is 6.09. The van der Waals surface area contributed by atoms with Crippen LogP contribution in [0.5, 0.6) is 0 Å². The molecule has 0 radical (unpaired) electrons. The summed E-state index contributed by atoms with van der Waals surface area (Å²) in [5.41, 5.74) is 22.0. The van der Waals surface area contributed by atoms with Gasteiger partial charge in [-0.3, -0.25) is 0 Å². The van der Waals surface area contributed by atoms with Crippen LogP contribution in [0.4, 0.5) is 17.1 Å². The van der Waals surface area contributed by atoms with Gasteiger partial charge in [0.2, 0.25) is 5.69 Å². The lowest BCUT2D eigenvalue weighted by Crippen LogP contribution is -2.33. The van der Waals surface area contributed by atoms with Crippen LogP contribution in [0.3, 0.4) is 0 Å². The maximum absolute atomic E-state index is 5.06. The molecule has 0 saturated carbocycles. The molecule has 0 bridgehead atoms. The van der Waals surface area contributed by atoms with Crippen LogP contribution in [-0.4, -0.2) is 31.4 Å². The molecule has 0 N–H and O–H groups in total. The van der Waals surface area contributed by atoms with E-state index in [1.165, 1.54) is 138 Å². The minimum atomic E-state index is -0.472. The molecule has 3 nitrogen and oxygen atoms in total. The van der Waals surface area contributed by atoms with Gasteiger partial charge in [0.1, 0.15) is 7.05 Å². The van der Waals surface area contributed by atoms with Crippen molar-refractivity contribution in [3.63, 3.8) is 0 Å². The lowest BCUT2D eigenvalue weighted by molar-refractivity contribution is -0.401. The van der Waals surface area contributed by atoms with Gasteiger partial charge in [-0.15, -0.1) is 0 Å². The molecule has 0 spiro atoms. The SMILES string of the molecule is C=C(/C=C/C=C1/N(C)c2ccc3ccccc3c2C1(C)Cc1ccccc1)C(C)(Cc1ccccc1)c1c(C)cc(Cc2cc3c(c4ccccc24)C(C)(Cc2ccccc2)C(/C=C/C=C2/N(C)c4ccc5ccccc5c4C2(C)Cc2ccccc2)=[N+]3C)c2ccccc12. The predicted octanol–water partition coefficient (Wildman–Crippen LogP) is 21.7. The van der Waals surface area contributed by atoms with Crippen molar-refractivity contribution in [2.75, 3.05) is 30.9 Å².